The highest BCUT2D eigenvalue weighted by molar-refractivity contribution is 9.10. The number of nitrogens with one attached hydrogen (secondary N) is 1. The van der Waals surface area contributed by atoms with E-state index in [-0.39, 0.29) is 5.69 Å². The summed E-state index contributed by atoms with van der Waals surface area (Å²) in [7, 11) is 3.71. The molecule has 0 unspecified atom stereocenters. The molecule has 0 heterocycles. The molecule has 0 aromatic heterocycles. The van der Waals surface area contributed by atoms with Gasteiger partial charge in [0.1, 0.15) is 0 Å². The van der Waals surface area contributed by atoms with E-state index in [1.54, 1.807) is 48.5 Å². The van der Waals surface area contributed by atoms with Crippen molar-refractivity contribution in [2.45, 2.75) is 6.10 Å². The van der Waals surface area contributed by atoms with Crippen LogP contribution in [0.1, 0.15) is 22.0 Å². The van der Waals surface area contributed by atoms with Crippen molar-refractivity contribution < 1.29 is 19.2 Å². The second-order valence-electron chi connectivity index (χ2n) is 7.05. The first-order valence-corrected chi connectivity index (χ1v) is 10.3. The Morgan fingerprint density at radius 2 is 1.75 bits per heavy atom. The van der Waals surface area contributed by atoms with Gasteiger partial charge in [0.25, 0.3) is 11.6 Å². The number of esters is 1. The number of nitrogens with zero attached hydrogens (tertiary/aromatic N) is 2. The van der Waals surface area contributed by atoms with Crippen LogP contribution in [0, 0.1) is 10.1 Å². The average molecular weight is 498 g/mol. The number of carbonyl (C=O) groups excluding carboxylic acids is 2. The van der Waals surface area contributed by atoms with Crippen LogP contribution in [0.15, 0.2) is 77.3 Å². The van der Waals surface area contributed by atoms with E-state index >= 15 is 0 Å². The van der Waals surface area contributed by atoms with Gasteiger partial charge in [0, 0.05) is 42.0 Å². The Labute approximate surface area is 193 Å². The van der Waals surface area contributed by atoms with Gasteiger partial charge in [-0.1, -0.05) is 36.4 Å². The van der Waals surface area contributed by atoms with Crippen LogP contribution in [0.4, 0.5) is 17.1 Å². The minimum atomic E-state index is -1.23. The van der Waals surface area contributed by atoms with Gasteiger partial charge in [-0.05, 0) is 40.2 Å². The zero-order chi connectivity index (χ0) is 23.3. The number of anilines is 2. The van der Waals surface area contributed by atoms with Crippen LogP contribution in [0.2, 0.25) is 0 Å². The quantitative estimate of drug-likeness (QED) is 0.281. The summed E-state index contributed by atoms with van der Waals surface area (Å²) in [5.74, 6) is -1.25. The summed E-state index contributed by atoms with van der Waals surface area (Å²) in [5, 5.41) is 13.6. The maximum atomic E-state index is 13.1. The zero-order valence-corrected chi connectivity index (χ0v) is 18.9. The van der Waals surface area contributed by atoms with E-state index in [2.05, 4.69) is 21.2 Å². The Bertz CT molecular complexity index is 1150. The largest absolute Gasteiger partial charge is 0.444 e. The maximum absolute atomic E-state index is 13.1. The van der Waals surface area contributed by atoms with Crippen LogP contribution in [-0.2, 0) is 9.53 Å². The summed E-state index contributed by atoms with van der Waals surface area (Å²) in [6, 6.07) is 19.5. The first kappa shape index (κ1) is 23.0. The number of amides is 1. The van der Waals surface area contributed by atoms with E-state index in [0.717, 1.165) is 5.69 Å². The lowest BCUT2D eigenvalue weighted by molar-refractivity contribution is -0.384. The van der Waals surface area contributed by atoms with Crippen molar-refractivity contribution in [3.05, 3.63) is 98.5 Å². The summed E-state index contributed by atoms with van der Waals surface area (Å²) in [6.45, 7) is 0. The number of hydrogen-bond acceptors (Lipinski definition) is 6. The average Bonchev–Trinajstić information content (AvgIpc) is 2.79. The Balaban J connectivity index is 1.87. The van der Waals surface area contributed by atoms with E-state index in [1.807, 2.05) is 25.1 Å². The van der Waals surface area contributed by atoms with Gasteiger partial charge in [-0.15, -0.1) is 0 Å². The number of halogens is 1. The van der Waals surface area contributed by atoms with Gasteiger partial charge >= 0.3 is 5.97 Å². The van der Waals surface area contributed by atoms with Crippen LogP contribution in [-0.4, -0.2) is 30.9 Å². The number of carbonyl (C=O) groups is 2. The molecule has 0 radical (unpaired) electrons. The predicted octanol–water partition coefficient (Wildman–Crippen LogP) is 4.96. The molecule has 1 amide bonds. The van der Waals surface area contributed by atoms with Crippen molar-refractivity contribution >= 4 is 44.9 Å². The minimum absolute atomic E-state index is 0.123. The fourth-order valence-corrected chi connectivity index (χ4v) is 3.37. The molecule has 0 spiro atoms. The number of nitro benzene ring substituents is 1. The smallest absolute Gasteiger partial charge is 0.339 e. The standard InChI is InChI=1S/C23H20BrN3O5/c1-26(2)17-10-6-9-16(13-17)23(29)32-21(15-7-4-3-5-8-15)22(28)25-20-12-11-18(27(30)31)14-19(20)24/h3-14,21H,1-2H3,(H,25,28)/t21-/m1/s1. The van der Waals surface area contributed by atoms with Crippen molar-refractivity contribution in [1.29, 1.82) is 0 Å². The molecule has 0 aliphatic carbocycles. The van der Waals surface area contributed by atoms with Gasteiger partial charge in [-0.3, -0.25) is 14.9 Å². The molecule has 0 aliphatic heterocycles. The third-order valence-electron chi connectivity index (χ3n) is 4.58. The Hall–Kier alpha value is -3.72. The molecular formula is C23H20BrN3O5. The molecule has 0 saturated carbocycles. The van der Waals surface area contributed by atoms with Crippen LogP contribution < -0.4 is 10.2 Å². The van der Waals surface area contributed by atoms with Gasteiger partial charge in [0.15, 0.2) is 0 Å². The lowest BCUT2D eigenvalue weighted by atomic mass is 10.1. The summed E-state index contributed by atoms with van der Waals surface area (Å²) in [4.78, 5) is 38.2. The van der Waals surface area contributed by atoms with Gasteiger partial charge in [-0.25, -0.2) is 4.79 Å². The van der Waals surface area contributed by atoms with Gasteiger partial charge < -0.3 is 15.0 Å². The summed E-state index contributed by atoms with van der Waals surface area (Å²) in [5.41, 5.74) is 1.80. The molecule has 3 rings (SSSR count). The normalized spacial score (nSPS) is 11.3. The number of hydrogen-bond donors (Lipinski definition) is 1. The fraction of sp³-hybridized carbons (Fsp3) is 0.130. The minimum Gasteiger partial charge on any atom is -0.444 e. The number of nitro groups is 1. The SMILES string of the molecule is CN(C)c1cccc(C(=O)O[C@@H](C(=O)Nc2ccc([N+](=O)[O-])cc2Br)c2ccccc2)c1. The third-order valence-corrected chi connectivity index (χ3v) is 5.24. The van der Waals surface area contributed by atoms with Crippen molar-refractivity contribution in [3.8, 4) is 0 Å². The number of benzene rings is 3. The zero-order valence-electron chi connectivity index (χ0n) is 17.3. The van der Waals surface area contributed by atoms with Crippen molar-refractivity contribution in [2.24, 2.45) is 0 Å². The Morgan fingerprint density at radius 3 is 2.38 bits per heavy atom. The Kier molecular flexibility index (Phi) is 7.21. The van der Waals surface area contributed by atoms with E-state index < -0.39 is 22.9 Å². The molecule has 164 valence electrons. The molecule has 32 heavy (non-hydrogen) atoms. The highest BCUT2D eigenvalue weighted by Gasteiger charge is 2.26. The lowest BCUT2D eigenvalue weighted by Gasteiger charge is -2.19. The van der Waals surface area contributed by atoms with Crippen molar-refractivity contribution in [2.75, 3.05) is 24.3 Å². The molecule has 1 atom stereocenters. The third kappa shape index (κ3) is 5.50. The molecular weight excluding hydrogens is 478 g/mol. The van der Waals surface area contributed by atoms with E-state index in [1.165, 1.54) is 18.2 Å². The van der Waals surface area contributed by atoms with Crippen LogP contribution in [0.5, 0.6) is 0 Å². The Morgan fingerprint density at radius 1 is 1.03 bits per heavy atom. The number of rotatable bonds is 7. The summed E-state index contributed by atoms with van der Waals surface area (Å²) in [6.07, 6.45) is -1.23. The first-order chi connectivity index (χ1) is 15.3. The highest BCUT2D eigenvalue weighted by Crippen LogP contribution is 2.29. The maximum Gasteiger partial charge on any atom is 0.339 e. The van der Waals surface area contributed by atoms with Crippen LogP contribution in [0.25, 0.3) is 0 Å². The van der Waals surface area contributed by atoms with Crippen LogP contribution in [0.3, 0.4) is 0 Å². The van der Waals surface area contributed by atoms with E-state index in [9.17, 15) is 19.7 Å². The molecule has 9 heteroatoms. The monoisotopic (exact) mass is 497 g/mol. The molecule has 8 nitrogen and oxygen atoms in total. The van der Waals surface area contributed by atoms with Crippen molar-refractivity contribution in [1.82, 2.24) is 0 Å². The van der Waals surface area contributed by atoms with Crippen LogP contribution >= 0.6 is 15.9 Å². The molecule has 0 bridgehead atoms. The highest BCUT2D eigenvalue weighted by atomic mass is 79.9. The van der Waals surface area contributed by atoms with E-state index in [4.69, 9.17) is 4.74 Å². The number of non-ortho nitro benzene ring substituents is 1. The first-order valence-electron chi connectivity index (χ1n) is 9.54. The topological polar surface area (TPSA) is 102 Å². The lowest BCUT2D eigenvalue weighted by Crippen LogP contribution is -2.26. The summed E-state index contributed by atoms with van der Waals surface area (Å²) >= 11 is 3.23. The molecule has 1 N–H and O–H groups in total. The fourth-order valence-electron chi connectivity index (χ4n) is 2.90. The summed E-state index contributed by atoms with van der Waals surface area (Å²) < 4.78 is 5.93. The molecule has 0 fully saturated rings. The van der Waals surface area contributed by atoms with Crippen molar-refractivity contribution in [3.63, 3.8) is 0 Å². The van der Waals surface area contributed by atoms with Gasteiger partial charge in [0.2, 0.25) is 6.10 Å². The van der Waals surface area contributed by atoms with E-state index in [0.29, 0.717) is 21.3 Å². The second-order valence-corrected chi connectivity index (χ2v) is 7.91. The van der Waals surface area contributed by atoms with Gasteiger partial charge in [-0.2, -0.15) is 0 Å². The number of ether oxygens (including phenoxy) is 1. The predicted molar refractivity (Wildman–Crippen MR) is 125 cm³/mol. The molecule has 3 aromatic carbocycles. The van der Waals surface area contributed by atoms with Gasteiger partial charge in [0.05, 0.1) is 16.2 Å². The second kappa shape index (κ2) is 10.1. The molecule has 0 saturated heterocycles. The molecule has 0 aliphatic rings. The molecule has 3 aromatic rings.